The fraction of sp³-hybridized carbons (Fsp3) is 0.846. The second-order valence-corrected chi connectivity index (χ2v) is 5.40. The minimum atomic E-state index is -0.505. The van der Waals surface area contributed by atoms with Crippen LogP contribution in [0.15, 0.2) is 0 Å². The van der Waals surface area contributed by atoms with Gasteiger partial charge in [-0.15, -0.1) is 0 Å². The van der Waals surface area contributed by atoms with Crippen LogP contribution in [0.5, 0.6) is 0 Å². The third kappa shape index (κ3) is 7.27. The Morgan fingerprint density at radius 1 is 1.22 bits per heavy atom. The molecule has 0 radical (unpaired) electrons. The first-order valence-electron chi connectivity index (χ1n) is 6.14. The molecule has 18 heavy (non-hydrogen) atoms. The van der Waals surface area contributed by atoms with E-state index in [4.69, 9.17) is 9.47 Å². The number of methoxy groups -OCH3 is 1. The predicted molar refractivity (Wildman–Crippen MR) is 69.2 cm³/mol. The predicted octanol–water partition coefficient (Wildman–Crippen LogP) is 1.60. The highest BCUT2D eigenvalue weighted by Crippen LogP contribution is 2.10. The van der Waals surface area contributed by atoms with Crippen LogP contribution in [0.1, 0.15) is 40.5 Å². The summed E-state index contributed by atoms with van der Waals surface area (Å²) >= 11 is 0. The number of esters is 1. The standard InChI is InChI=1S/C13H25NO4/c1-10(9-17-6)14(5)11(15)7-8-12(16)18-13(2,3)4/h10H,7-9H2,1-6H3. The largest absolute Gasteiger partial charge is 0.460 e. The lowest BCUT2D eigenvalue weighted by Gasteiger charge is -2.24. The molecule has 0 aromatic carbocycles. The lowest BCUT2D eigenvalue weighted by Crippen LogP contribution is -2.38. The van der Waals surface area contributed by atoms with Crippen LogP contribution < -0.4 is 0 Å². The quantitative estimate of drug-likeness (QED) is 0.680. The molecule has 0 aliphatic carbocycles. The van der Waals surface area contributed by atoms with Gasteiger partial charge in [-0.2, -0.15) is 0 Å². The number of carbonyl (C=O) groups excluding carboxylic acids is 2. The van der Waals surface area contributed by atoms with Crippen LogP contribution in [0.2, 0.25) is 0 Å². The van der Waals surface area contributed by atoms with Gasteiger partial charge in [-0.05, 0) is 27.7 Å². The fourth-order valence-corrected chi connectivity index (χ4v) is 1.38. The summed E-state index contributed by atoms with van der Waals surface area (Å²) in [5.41, 5.74) is -0.505. The topological polar surface area (TPSA) is 55.8 Å². The van der Waals surface area contributed by atoms with E-state index in [9.17, 15) is 9.59 Å². The zero-order valence-electron chi connectivity index (χ0n) is 12.3. The summed E-state index contributed by atoms with van der Waals surface area (Å²) in [5, 5.41) is 0. The molecule has 0 aromatic rings. The summed E-state index contributed by atoms with van der Waals surface area (Å²) in [6.07, 6.45) is 0.277. The van der Waals surface area contributed by atoms with E-state index in [1.165, 1.54) is 0 Å². The maximum absolute atomic E-state index is 11.8. The zero-order valence-corrected chi connectivity index (χ0v) is 12.3. The summed E-state index contributed by atoms with van der Waals surface area (Å²) in [4.78, 5) is 24.8. The Morgan fingerprint density at radius 2 is 1.78 bits per heavy atom. The van der Waals surface area contributed by atoms with Gasteiger partial charge in [0.05, 0.1) is 19.1 Å². The third-order valence-corrected chi connectivity index (χ3v) is 2.43. The maximum Gasteiger partial charge on any atom is 0.306 e. The summed E-state index contributed by atoms with van der Waals surface area (Å²) in [5.74, 6) is -0.422. The minimum Gasteiger partial charge on any atom is -0.460 e. The monoisotopic (exact) mass is 259 g/mol. The Bertz CT molecular complexity index is 283. The van der Waals surface area contributed by atoms with Crippen LogP contribution in [0.3, 0.4) is 0 Å². The normalized spacial score (nSPS) is 13.0. The molecule has 5 heteroatoms. The van der Waals surface area contributed by atoms with E-state index in [0.29, 0.717) is 6.61 Å². The van der Waals surface area contributed by atoms with Gasteiger partial charge in [0.15, 0.2) is 0 Å². The van der Waals surface area contributed by atoms with E-state index in [0.717, 1.165) is 0 Å². The number of hydrogen-bond acceptors (Lipinski definition) is 4. The number of rotatable bonds is 6. The lowest BCUT2D eigenvalue weighted by atomic mass is 10.2. The van der Waals surface area contributed by atoms with Crippen LogP contribution in [-0.4, -0.2) is 49.2 Å². The van der Waals surface area contributed by atoms with Crippen LogP contribution in [0.4, 0.5) is 0 Å². The molecule has 0 bridgehead atoms. The smallest absolute Gasteiger partial charge is 0.306 e. The summed E-state index contributed by atoms with van der Waals surface area (Å²) in [7, 11) is 3.30. The molecular weight excluding hydrogens is 234 g/mol. The highest BCUT2D eigenvalue weighted by atomic mass is 16.6. The summed E-state index contributed by atoms with van der Waals surface area (Å²) in [6.45, 7) is 7.79. The van der Waals surface area contributed by atoms with Gasteiger partial charge in [-0.25, -0.2) is 0 Å². The van der Waals surface area contributed by atoms with Crippen molar-refractivity contribution >= 4 is 11.9 Å². The van der Waals surface area contributed by atoms with Gasteiger partial charge < -0.3 is 14.4 Å². The molecule has 0 rings (SSSR count). The van der Waals surface area contributed by atoms with Crippen molar-refractivity contribution in [2.45, 2.75) is 52.2 Å². The van der Waals surface area contributed by atoms with E-state index in [-0.39, 0.29) is 30.8 Å². The number of amides is 1. The Kier molecular flexibility index (Phi) is 6.91. The van der Waals surface area contributed by atoms with Gasteiger partial charge in [0.2, 0.25) is 5.91 Å². The first-order chi connectivity index (χ1) is 8.17. The third-order valence-electron chi connectivity index (χ3n) is 2.43. The molecule has 0 fully saturated rings. The molecule has 1 amide bonds. The van der Waals surface area contributed by atoms with Crippen LogP contribution >= 0.6 is 0 Å². The second kappa shape index (κ2) is 7.36. The average molecular weight is 259 g/mol. The Labute approximate surface area is 109 Å². The molecule has 0 spiro atoms. The van der Waals surface area contributed by atoms with Crippen molar-refractivity contribution in [2.24, 2.45) is 0 Å². The number of ether oxygens (including phenoxy) is 2. The summed E-state index contributed by atoms with van der Waals surface area (Å²) < 4.78 is 10.1. The molecule has 1 unspecified atom stereocenters. The number of carbonyl (C=O) groups is 2. The molecule has 106 valence electrons. The molecule has 1 atom stereocenters. The first-order valence-corrected chi connectivity index (χ1v) is 6.14. The van der Waals surface area contributed by atoms with Crippen molar-refractivity contribution in [1.82, 2.24) is 4.90 Å². The minimum absolute atomic E-state index is 0.00105. The van der Waals surface area contributed by atoms with E-state index < -0.39 is 5.60 Å². The van der Waals surface area contributed by atoms with E-state index in [2.05, 4.69) is 0 Å². The number of hydrogen-bond donors (Lipinski definition) is 0. The Hall–Kier alpha value is -1.10. The van der Waals surface area contributed by atoms with Crippen molar-refractivity contribution in [3.63, 3.8) is 0 Å². The van der Waals surface area contributed by atoms with Gasteiger partial charge in [0, 0.05) is 20.6 Å². The summed E-state index contributed by atoms with van der Waals surface area (Å²) in [6, 6.07) is 0.00105. The van der Waals surface area contributed by atoms with E-state index in [1.807, 2.05) is 6.92 Å². The molecule has 5 nitrogen and oxygen atoms in total. The number of nitrogens with zero attached hydrogens (tertiary/aromatic N) is 1. The molecule has 0 aliphatic heterocycles. The van der Waals surface area contributed by atoms with Crippen molar-refractivity contribution in [3.8, 4) is 0 Å². The van der Waals surface area contributed by atoms with Gasteiger partial charge in [0.1, 0.15) is 5.60 Å². The zero-order chi connectivity index (χ0) is 14.3. The Balaban J connectivity index is 4.06. The van der Waals surface area contributed by atoms with E-state index in [1.54, 1.807) is 39.8 Å². The molecular formula is C13H25NO4. The van der Waals surface area contributed by atoms with E-state index >= 15 is 0 Å². The molecule has 0 aliphatic rings. The molecule has 0 aromatic heterocycles. The van der Waals surface area contributed by atoms with Crippen molar-refractivity contribution in [1.29, 1.82) is 0 Å². The van der Waals surface area contributed by atoms with Crippen molar-refractivity contribution in [2.75, 3.05) is 20.8 Å². The fourth-order valence-electron chi connectivity index (χ4n) is 1.38. The van der Waals surface area contributed by atoms with Crippen LogP contribution in [0, 0.1) is 0 Å². The first kappa shape index (κ1) is 16.9. The van der Waals surface area contributed by atoms with Gasteiger partial charge >= 0.3 is 5.97 Å². The van der Waals surface area contributed by atoms with Crippen molar-refractivity contribution < 1.29 is 19.1 Å². The highest BCUT2D eigenvalue weighted by Gasteiger charge is 2.20. The lowest BCUT2D eigenvalue weighted by molar-refractivity contribution is -0.156. The molecule has 0 saturated carbocycles. The van der Waals surface area contributed by atoms with Crippen LogP contribution in [-0.2, 0) is 19.1 Å². The SMILES string of the molecule is COCC(C)N(C)C(=O)CCC(=O)OC(C)(C)C. The molecule has 0 N–H and O–H groups in total. The average Bonchev–Trinajstić information content (AvgIpc) is 2.22. The maximum atomic E-state index is 11.8. The number of likely N-dealkylation sites (N-methyl/N-ethyl adjacent to an activating group) is 1. The van der Waals surface area contributed by atoms with Gasteiger partial charge in [0.25, 0.3) is 0 Å². The van der Waals surface area contributed by atoms with Crippen LogP contribution in [0.25, 0.3) is 0 Å². The van der Waals surface area contributed by atoms with Gasteiger partial charge in [-0.3, -0.25) is 9.59 Å². The van der Waals surface area contributed by atoms with Gasteiger partial charge in [-0.1, -0.05) is 0 Å². The second-order valence-electron chi connectivity index (χ2n) is 5.40. The molecule has 0 heterocycles. The van der Waals surface area contributed by atoms with Crippen molar-refractivity contribution in [3.05, 3.63) is 0 Å². The molecule has 0 saturated heterocycles. The Morgan fingerprint density at radius 3 is 2.22 bits per heavy atom. The highest BCUT2D eigenvalue weighted by molar-refractivity contribution is 5.81.